The van der Waals surface area contributed by atoms with Gasteiger partial charge in [0.15, 0.2) is 0 Å². The summed E-state index contributed by atoms with van der Waals surface area (Å²) in [4.78, 5) is 29.2. The van der Waals surface area contributed by atoms with E-state index in [1.54, 1.807) is 12.0 Å². The van der Waals surface area contributed by atoms with Gasteiger partial charge in [-0.3, -0.25) is 9.69 Å². The van der Waals surface area contributed by atoms with Crippen molar-refractivity contribution in [2.45, 2.75) is 59.0 Å². The summed E-state index contributed by atoms with van der Waals surface area (Å²) in [5, 5.41) is 0. The van der Waals surface area contributed by atoms with E-state index in [2.05, 4.69) is 44.2 Å². The molecule has 5 nitrogen and oxygen atoms in total. The molecule has 0 saturated carbocycles. The van der Waals surface area contributed by atoms with E-state index < -0.39 is 0 Å². The topological polar surface area (TPSA) is 49.9 Å². The predicted octanol–water partition coefficient (Wildman–Crippen LogP) is 4.88. The Kier molecular flexibility index (Phi) is 7.14. The van der Waals surface area contributed by atoms with Crippen molar-refractivity contribution in [3.8, 4) is 5.75 Å². The average Bonchev–Trinajstić information content (AvgIpc) is 2.96. The summed E-state index contributed by atoms with van der Waals surface area (Å²) in [6.45, 7) is 7.10. The first-order chi connectivity index (χ1) is 14.4. The molecule has 5 heteroatoms. The van der Waals surface area contributed by atoms with E-state index >= 15 is 0 Å². The molecule has 0 aromatic heterocycles. The number of ether oxygens (including phenoxy) is 1. The lowest BCUT2D eigenvalue weighted by atomic mass is 10.0. The minimum absolute atomic E-state index is 0.0552. The maximum Gasteiger partial charge on any atom is 0.327 e. The van der Waals surface area contributed by atoms with Crippen molar-refractivity contribution in [2.24, 2.45) is 0 Å². The normalized spacial score (nSPS) is 16.5. The van der Waals surface area contributed by atoms with Crippen LogP contribution in [0, 0.1) is 13.8 Å². The number of carbonyl (C=O) groups excluding carboxylic acids is 2. The van der Waals surface area contributed by atoms with Crippen LogP contribution in [0.3, 0.4) is 0 Å². The summed E-state index contributed by atoms with van der Waals surface area (Å²) in [5.74, 6) is 0.783. The summed E-state index contributed by atoms with van der Waals surface area (Å²) >= 11 is 0. The first-order valence-corrected chi connectivity index (χ1v) is 10.8. The van der Waals surface area contributed by atoms with Gasteiger partial charge >= 0.3 is 6.03 Å². The third-order valence-electron chi connectivity index (χ3n) is 5.88. The first-order valence-electron chi connectivity index (χ1n) is 10.8. The molecule has 1 atom stereocenters. The molecule has 3 amide bonds. The van der Waals surface area contributed by atoms with Crippen molar-refractivity contribution in [3.63, 3.8) is 0 Å². The highest BCUT2D eigenvalue weighted by atomic mass is 16.5. The summed E-state index contributed by atoms with van der Waals surface area (Å²) in [6, 6.07) is 13.7. The Balaban J connectivity index is 1.71. The number of rotatable bonds is 9. The summed E-state index contributed by atoms with van der Waals surface area (Å²) in [5.41, 5.74) is 4.70. The van der Waals surface area contributed by atoms with Crippen molar-refractivity contribution in [1.82, 2.24) is 9.80 Å². The lowest BCUT2D eigenvalue weighted by Crippen LogP contribution is -2.35. The molecule has 0 bridgehead atoms. The van der Waals surface area contributed by atoms with Crippen molar-refractivity contribution in [3.05, 3.63) is 64.7 Å². The smallest absolute Gasteiger partial charge is 0.327 e. The van der Waals surface area contributed by atoms with Crippen molar-refractivity contribution < 1.29 is 14.3 Å². The highest BCUT2D eigenvalue weighted by molar-refractivity contribution is 6.04. The van der Waals surface area contributed by atoms with E-state index in [4.69, 9.17) is 4.74 Å². The van der Waals surface area contributed by atoms with Gasteiger partial charge in [-0.15, -0.1) is 0 Å². The van der Waals surface area contributed by atoms with Crippen LogP contribution < -0.4 is 4.74 Å². The second-order valence-corrected chi connectivity index (χ2v) is 8.08. The molecule has 0 aliphatic carbocycles. The van der Waals surface area contributed by atoms with Gasteiger partial charge in [-0.2, -0.15) is 0 Å². The Morgan fingerprint density at radius 2 is 1.67 bits per heavy atom. The van der Waals surface area contributed by atoms with E-state index in [1.165, 1.54) is 21.6 Å². The van der Waals surface area contributed by atoms with Gasteiger partial charge in [-0.05, 0) is 73.9 Å². The summed E-state index contributed by atoms with van der Waals surface area (Å²) in [6.07, 6.45) is 3.15. The van der Waals surface area contributed by atoms with Gasteiger partial charge in [0.1, 0.15) is 11.8 Å². The molecule has 1 saturated heterocycles. The van der Waals surface area contributed by atoms with Crippen LogP contribution in [-0.2, 0) is 17.8 Å². The van der Waals surface area contributed by atoms with Crippen LogP contribution in [0.25, 0.3) is 0 Å². The Morgan fingerprint density at radius 1 is 0.967 bits per heavy atom. The fourth-order valence-electron chi connectivity index (χ4n) is 3.97. The molecule has 1 heterocycles. The molecule has 0 radical (unpaired) electrons. The van der Waals surface area contributed by atoms with Crippen molar-refractivity contribution in [1.29, 1.82) is 0 Å². The van der Waals surface area contributed by atoms with Crippen LogP contribution >= 0.6 is 0 Å². The van der Waals surface area contributed by atoms with Crippen LogP contribution in [0.4, 0.5) is 4.79 Å². The number of aryl methyl sites for hydroxylation is 3. The van der Waals surface area contributed by atoms with Gasteiger partial charge in [-0.25, -0.2) is 4.79 Å². The molecule has 30 heavy (non-hydrogen) atoms. The predicted molar refractivity (Wildman–Crippen MR) is 119 cm³/mol. The molecular formula is C25H32N2O3. The number of carbonyl (C=O) groups is 2. The number of amides is 3. The first kappa shape index (κ1) is 21.9. The lowest BCUT2D eigenvalue weighted by Gasteiger charge is -2.22. The third-order valence-corrected chi connectivity index (χ3v) is 5.88. The van der Waals surface area contributed by atoms with Gasteiger partial charge in [0.05, 0.1) is 7.11 Å². The van der Waals surface area contributed by atoms with Gasteiger partial charge in [0.2, 0.25) is 0 Å². The van der Waals surface area contributed by atoms with Crippen LogP contribution in [0.2, 0.25) is 0 Å². The van der Waals surface area contributed by atoms with Gasteiger partial charge < -0.3 is 9.64 Å². The highest BCUT2D eigenvalue weighted by Crippen LogP contribution is 2.26. The second-order valence-electron chi connectivity index (χ2n) is 8.08. The molecule has 2 aromatic rings. The largest absolute Gasteiger partial charge is 0.497 e. The maximum absolute atomic E-state index is 13.0. The van der Waals surface area contributed by atoms with Gasteiger partial charge in [0, 0.05) is 13.1 Å². The standard InChI is InChI=1S/C25H32N2O3/c1-5-15-26-24(28)23(8-6-7-20-11-13-22(30-4)14-12-20)27(25(26)29)17-21-10-9-18(2)19(3)16-21/h9-14,16,23H,5-8,15,17H2,1-4H3. The van der Waals surface area contributed by atoms with Crippen LogP contribution in [-0.4, -0.2) is 41.4 Å². The Hall–Kier alpha value is -2.82. The number of nitrogens with zero attached hydrogens (tertiary/aromatic N) is 2. The SMILES string of the molecule is CCCN1C(=O)C(CCCc2ccc(OC)cc2)N(Cc2ccc(C)c(C)c2)C1=O. The molecule has 160 valence electrons. The maximum atomic E-state index is 13.0. The number of imide groups is 1. The zero-order valence-corrected chi connectivity index (χ0v) is 18.5. The van der Waals surface area contributed by atoms with E-state index in [9.17, 15) is 9.59 Å². The van der Waals surface area contributed by atoms with Crippen LogP contribution in [0.1, 0.15) is 48.4 Å². The quantitative estimate of drug-likeness (QED) is 0.556. The fraction of sp³-hybridized carbons (Fsp3) is 0.440. The van der Waals surface area contributed by atoms with Gasteiger partial charge in [-0.1, -0.05) is 37.3 Å². The molecular weight excluding hydrogens is 376 g/mol. The summed E-state index contributed by atoms with van der Waals surface area (Å²) < 4.78 is 5.21. The number of benzene rings is 2. The molecule has 1 aliphatic rings. The highest BCUT2D eigenvalue weighted by Gasteiger charge is 2.43. The van der Waals surface area contributed by atoms with Crippen molar-refractivity contribution >= 4 is 11.9 Å². The van der Waals surface area contributed by atoms with Crippen molar-refractivity contribution in [2.75, 3.05) is 13.7 Å². The molecule has 2 aromatic carbocycles. The number of hydrogen-bond donors (Lipinski definition) is 0. The number of methoxy groups -OCH3 is 1. The van der Waals surface area contributed by atoms with E-state index in [0.29, 0.717) is 19.5 Å². The molecule has 3 rings (SSSR count). The Labute approximate surface area is 179 Å². The Morgan fingerprint density at radius 3 is 2.30 bits per heavy atom. The molecule has 1 unspecified atom stereocenters. The summed E-state index contributed by atoms with van der Waals surface area (Å²) in [7, 11) is 1.66. The lowest BCUT2D eigenvalue weighted by molar-refractivity contribution is -0.128. The number of hydrogen-bond acceptors (Lipinski definition) is 3. The zero-order valence-electron chi connectivity index (χ0n) is 18.5. The second kappa shape index (κ2) is 9.79. The minimum Gasteiger partial charge on any atom is -0.497 e. The molecule has 0 N–H and O–H groups in total. The number of urea groups is 1. The monoisotopic (exact) mass is 408 g/mol. The van der Waals surface area contributed by atoms with E-state index in [1.807, 2.05) is 19.1 Å². The van der Waals surface area contributed by atoms with Crippen LogP contribution in [0.15, 0.2) is 42.5 Å². The van der Waals surface area contributed by atoms with Gasteiger partial charge in [0.25, 0.3) is 5.91 Å². The minimum atomic E-state index is -0.385. The van der Waals surface area contributed by atoms with E-state index in [0.717, 1.165) is 30.6 Å². The molecule has 1 aliphatic heterocycles. The Bertz CT molecular complexity index is 892. The van der Waals surface area contributed by atoms with E-state index in [-0.39, 0.29) is 18.0 Å². The van der Waals surface area contributed by atoms with Crippen LogP contribution in [0.5, 0.6) is 5.75 Å². The fourth-order valence-corrected chi connectivity index (χ4v) is 3.97. The third kappa shape index (κ3) is 4.84. The molecule has 1 fully saturated rings. The molecule has 0 spiro atoms. The average molecular weight is 409 g/mol. The zero-order chi connectivity index (χ0) is 21.7.